The lowest BCUT2D eigenvalue weighted by Gasteiger charge is -2.12. The predicted molar refractivity (Wildman–Crippen MR) is 78.1 cm³/mol. The quantitative estimate of drug-likeness (QED) is 0.810. The fraction of sp³-hybridized carbons (Fsp3) is 0.267. The first-order valence-corrected chi connectivity index (χ1v) is 7.13. The largest absolute Gasteiger partial charge is 0.468 e. The molecule has 1 aliphatic carbocycles. The molecule has 1 saturated carbocycles. The molecular weight excluding hydrogens is 320 g/mol. The lowest BCUT2D eigenvalue weighted by Crippen LogP contribution is -2.24. The van der Waals surface area contributed by atoms with Gasteiger partial charge in [0.25, 0.3) is 0 Å². The van der Waals surface area contributed by atoms with Crippen molar-refractivity contribution in [3.05, 3.63) is 46.8 Å². The zero-order valence-electron chi connectivity index (χ0n) is 11.0. The van der Waals surface area contributed by atoms with Gasteiger partial charge in [0.2, 0.25) is 0 Å². The number of methoxy groups -OCH3 is 1. The van der Waals surface area contributed by atoms with E-state index in [-0.39, 0.29) is 5.97 Å². The number of carbonyl (C=O) groups excluding carboxylic acids is 1. The first-order valence-electron chi connectivity index (χ1n) is 6.34. The Bertz CT molecular complexity index is 668. The molecule has 1 aromatic heterocycles. The molecule has 1 aliphatic rings. The average molecular weight is 333 g/mol. The molecule has 0 N–H and O–H groups in total. The van der Waals surface area contributed by atoms with E-state index >= 15 is 0 Å². The molecule has 2 aromatic rings. The molecule has 0 saturated heterocycles. The Balaban J connectivity index is 2.03. The highest BCUT2D eigenvalue weighted by Crippen LogP contribution is 2.47. The number of benzene rings is 1. The minimum atomic E-state index is -0.633. The van der Waals surface area contributed by atoms with E-state index < -0.39 is 5.41 Å². The number of aromatic nitrogens is 2. The Morgan fingerprint density at radius 2 is 2.05 bits per heavy atom. The molecular formula is C15H13BrN2O2. The van der Waals surface area contributed by atoms with Crippen LogP contribution in [0.25, 0.3) is 11.3 Å². The van der Waals surface area contributed by atoms with Gasteiger partial charge in [0.05, 0.1) is 12.8 Å². The monoisotopic (exact) mass is 332 g/mol. The zero-order valence-corrected chi connectivity index (χ0v) is 12.6. The standard InChI is InChI=1S/C15H13BrN2O2/c1-20-14(19)15(7-8-15)13-17-9-6-12(18-13)10-4-2-3-5-11(10)16/h2-6,9H,7-8H2,1H3. The summed E-state index contributed by atoms with van der Waals surface area (Å²) in [5, 5.41) is 0. The number of ether oxygens (including phenoxy) is 1. The number of hydrogen-bond donors (Lipinski definition) is 0. The van der Waals surface area contributed by atoms with Crippen molar-refractivity contribution in [3.63, 3.8) is 0 Å². The van der Waals surface area contributed by atoms with Crippen LogP contribution in [0.4, 0.5) is 0 Å². The van der Waals surface area contributed by atoms with Crippen LogP contribution in [0.2, 0.25) is 0 Å². The van der Waals surface area contributed by atoms with E-state index in [9.17, 15) is 4.79 Å². The second kappa shape index (κ2) is 4.98. The second-order valence-electron chi connectivity index (χ2n) is 4.82. The summed E-state index contributed by atoms with van der Waals surface area (Å²) in [6, 6.07) is 9.69. The Morgan fingerprint density at radius 1 is 1.30 bits per heavy atom. The molecule has 20 heavy (non-hydrogen) atoms. The van der Waals surface area contributed by atoms with Gasteiger partial charge in [-0.3, -0.25) is 4.79 Å². The molecule has 0 aliphatic heterocycles. The van der Waals surface area contributed by atoms with E-state index in [4.69, 9.17) is 4.74 Å². The summed E-state index contributed by atoms with van der Waals surface area (Å²) in [7, 11) is 1.40. The molecule has 0 spiro atoms. The second-order valence-corrected chi connectivity index (χ2v) is 5.67. The van der Waals surface area contributed by atoms with Gasteiger partial charge in [-0.25, -0.2) is 9.97 Å². The summed E-state index contributed by atoms with van der Waals surface area (Å²) >= 11 is 3.51. The molecule has 1 heterocycles. The third-order valence-electron chi connectivity index (χ3n) is 3.56. The van der Waals surface area contributed by atoms with Crippen molar-refractivity contribution >= 4 is 21.9 Å². The fourth-order valence-electron chi connectivity index (χ4n) is 2.25. The number of hydrogen-bond acceptors (Lipinski definition) is 4. The number of esters is 1. The van der Waals surface area contributed by atoms with Crippen molar-refractivity contribution in [1.29, 1.82) is 0 Å². The molecule has 1 fully saturated rings. The Kier molecular flexibility index (Phi) is 3.30. The van der Waals surface area contributed by atoms with Crippen LogP contribution in [0.3, 0.4) is 0 Å². The van der Waals surface area contributed by atoms with Gasteiger partial charge in [-0.1, -0.05) is 34.1 Å². The minimum Gasteiger partial charge on any atom is -0.468 e. The topological polar surface area (TPSA) is 52.1 Å². The number of carbonyl (C=O) groups is 1. The van der Waals surface area contributed by atoms with Crippen molar-refractivity contribution < 1.29 is 9.53 Å². The van der Waals surface area contributed by atoms with Crippen LogP contribution in [0.15, 0.2) is 41.0 Å². The van der Waals surface area contributed by atoms with Crippen molar-refractivity contribution in [2.45, 2.75) is 18.3 Å². The van der Waals surface area contributed by atoms with Gasteiger partial charge in [-0.2, -0.15) is 0 Å². The smallest absolute Gasteiger partial charge is 0.319 e. The van der Waals surface area contributed by atoms with E-state index in [0.717, 1.165) is 28.6 Å². The van der Waals surface area contributed by atoms with Crippen LogP contribution in [-0.2, 0) is 14.9 Å². The highest BCUT2D eigenvalue weighted by molar-refractivity contribution is 9.10. The molecule has 0 amide bonds. The molecule has 0 radical (unpaired) electrons. The summed E-state index contributed by atoms with van der Waals surface area (Å²) < 4.78 is 5.84. The maximum atomic E-state index is 11.9. The zero-order chi connectivity index (χ0) is 14.2. The van der Waals surface area contributed by atoms with Crippen molar-refractivity contribution in [1.82, 2.24) is 9.97 Å². The predicted octanol–water partition coefficient (Wildman–Crippen LogP) is 3.11. The van der Waals surface area contributed by atoms with E-state index in [1.807, 2.05) is 30.3 Å². The summed E-state index contributed by atoms with van der Waals surface area (Å²) in [5.74, 6) is 0.305. The van der Waals surface area contributed by atoms with Crippen molar-refractivity contribution in [2.24, 2.45) is 0 Å². The fourth-order valence-corrected chi connectivity index (χ4v) is 2.74. The normalized spacial score (nSPS) is 15.7. The maximum Gasteiger partial charge on any atom is 0.319 e. The van der Waals surface area contributed by atoms with Crippen LogP contribution in [0.1, 0.15) is 18.7 Å². The molecule has 1 aromatic carbocycles. The maximum absolute atomic E-state index is 11.9. The number of nitrogens with zero attached hydrogens (tertiary/aromatic N) is 2. The first kappa shape index (κ1) is 13.2. The Morgan fingerprint density at radius 3 is 2.70 bits per heavy atom. The molecule has 0 unspecified atom stereocenters. The number of rotatable bonds is 3. The van der Waals surface area contributed by atoms with Crippen LogP contribution < -0.4 is 0 Å². The third kappa shape index (κ3) is 2.12. The van der Waals surface area contributed by atoms with Crippen molar-refractivity contribution in [3.8, 4) is 11.3 Å². The van der Waals surface area contributed by atoms with E-state index in [2.05, 4.69) is 25.9 Å². The summed E-state index contributed by atoms with van der Waals surface area (Å²) in [6.07, 6.45) is 3.19. The Hall–Kier alpha value is -1.75. The van der Waals surface area contributed by atoms with Gasteiger partial charge in [-0.15, -0.1) is 0 Å². The molecule has 5 heteroatoms. The van der Waals surface area contributed by atoms with E-state index in [1.165, 1.54) is 7.11 Å². The van der Waals surface area contributed by atoms with Crippen LogP contribution in [-0.4, -0.2) is 23.0 Å². The highest BCUT2D eigenvalue weighted by Gasteiger charge is 2.55. The van der Waals surface area contributed by atoms with Gasteiger partial charge in [0.15, 0.2) is 0 Å². The van der Waals surface area contributed by atoms with Gasteiger partial charge in [0, 0.05) is 16.2 Å². The third-order valence-corrected chi connectivity index (χ3v) is 4.25. The lowest BCUT2D eigenvalue weighted by molar-refractivity contribution is -0.143. The van der Waals surface area contributed by atoms with Crippen LogP contribution in [0, 0.1) is 0 Å². The SMILES string of the molecule is COC(=O)C1(c2nccc(-c3ccccc3Br)n2)CC1. The first-order chi connectivity index (χ1) is 9.67. The minimum absolute atomic E-state index is 0.248. The molecule has 102 valence electrons. The summed E-state index contributed by atoms with van der Waals surface area (Å²) in [4.78, 5) is 20.7. The summed E-state index contributed by atoms with van der Waals surface area (Å²) in [6.45, 7) is 0. The van der Waals surface area contributed by atoms with Gasteiger partial charge < -0.3 is 4.74 Å². The molecule has 4 nitrogen and oxygen atoms in total. The average Bonchev–Trinajstić information content (AvgIpc) is 3.29. The molecule has 3 rings (SSSR count). The Labute approximate surface area is 125 Å². The number of halogens is 1. The van der Waals surface area contributed by atoms with Crippen LogP contribution in [0.5, 0.6) is 0 Å². The summed E-state index contributed by atoms with van der Waals surface area (Å²) in [5.41, 5.74) is 1.15. The van der Waals surface area contributed by atoms with Gasteiger partial charge in [0.1, 0.15) is 11.2 Å². The lowest BCUT2D eigenvalue weighted by atomic mass is 10.1. The van der Waals surface area contributed by atoms with Gasteiger partial charge >= 0.3 is 5.97 Å². The van der Waals surface area contributed by atoms with E-state index in [1.54, 1.807) is 6.20 Å². The highest BCUT2D eigenvalue weighted by atomic mass is 79.9. The molecule has 0 bridgehead atoms. The van der Waals surface area contributed by atoms with E-state index in [0.29, 0.717) is 5.82 Å². The molecule has 0 atom stereocenters. The van der Waals surface area contributed by atoms with Gasteiger partial charge in [-0.05, 0) is 25.0 Å². The van der Waals surface area contributed by atoms with Crippen molar-refractivity contribution in [2.75, 3.05) is 7.11 Å². The van der Waals surface area contributed by atoms with Crippen LogP contribution >= 0.6 is 15.9 Å².